The fourth-order valence-electron chi connectivity index (χ4n) is 6.16. The molecule has 2 amide bonds. The van der Waals surface area contributed by atoms with Gasteiger partial charge in [0.1, 0.15) is 0 Å². The van der Waals surface area contributed by atoms with E-state index in [0.29, 0.717) is 37.8 Å². The lowest BCUT2D eigenvalue weighted by Crippen LogP contribution is -2.48. The number of rotatable bonds is 7. The first kappa shape index (κ1) is 27.5. The van der Waals surface area contributed by atoms with E-state index in [-0.39, 0.29) is 11.8 Å². The van der Waals surface area contributed by atoms with Gasteiger partial charge in [-0.15, -0.1) is 0 Å². The molecule has 2 N–H and O–H groups in total. The van der Waals surface area contributed by atoms with E-state index in [1.807, 2.05) is 24.1 Å². The van der Waals surface area contributed by atoms with E-state index in [1.165, 1.54) is 22.5 Å². The molecule has 9 heteroatoms. The number of anilines is 4. The topological polar surface area (TPSA) is 95.4 Å². The summed E-state index contributed by atoms with van der Waals surface area (Å²) in [4.78, 5) is 38.0. The van der Waals surface area contributed by atoms with Crippen molar-refractivity contribution in [2.24, 2.45) is 0 Å². The molecule has 1 saturated heterocycles. The number of nitrogens with zero attached hydrogens (tertiary/aromatic N) is 5. The van der Waals surface area contributed by atoms with Crippen molar-refractivity contribution in [2.75, 3.05) is 41.7 Å². The molecule has 2 aromatic carbocycles. The third-order valence-corrected chi connectivity index (χ3v) is 8.43. The van der Waals surface area contributed by atoms with Gasteiger partial charge < -0.3 is 25.0 Å². The molecule has 216 valence electrons. The van der Waals surface area contributed by atoms with Gasteiger partial charge in [-0.2, -0.15) is 0 Å². The number of carbonyl (C=O) groups is 2. The highest BCUT2D eigenvalue weighted by molar-refractivity contribution is 6.02. The summed E-state index contributed by atoms with van der Waals surface area (Å²) in [6, 6.07) is 10.6. The van der Waals surface area contributed by atoms with Gasteiger partial charge in [0.15, 0.2) is 0 Å². The van der Waals surface area contributed by atoms with Gasteiger partial charge >= 0.3 is 0 Å². The van der Waals surface area contributed by atoms with E-state index in [1.54, 1.807) is 6.92 Å². The number of amides is 2. The van der Waals surface area contributed by atoms with Gasteiger partial charge in [-0.05, 0) is 61.1 Å². The second-order valence-corrected chi connectivity index (χ2v) is 11.1. The van der Waals surface area contributed by atoms with E-state index >= 15 is 0 Å². The smallest absolute Gasteiger partial charge is 0.247 e. The van der Waals surface area contributed by atoms with Crippen LogP contribution in [0.15, 0.2) is 55.4 Å². The highest BCUT2D eigenvalue weighted by Gasteiger charge is 2.23. The van der Waals surface area contributed by atoms with Crippen molar-refractivity contribution in [3.05, 3.63) is 72.1 Å². The SMILES string of the molecule is C=CC(=O)Nc1cc(Nc2ncc(CC)c(-c3cn4c5c(cccc35)CCC4)n2)c(C)cc1N1CCN(C(C)=O)CC1. The minimum absolute atomic E-state index is 0.0803. The predicted octanol–water partition coefficient (Wildman–Crippen LogP) is 5.45. The number of aromatic nitrogens is 3. The van der Waals surface area contributed by atoms with Crippen LogP contribution < -0.4 is 15.5 Å². The van der Waals surface area contributed by atoms with Gasteiger partial charge in [0.05, 0.1) is 22.6 Å². The number of benzene rings is 2. The van der Waals surface area contributed by atoms with Crippen molar-refractivity contribution in [3.63, 3.8) is 0 Å². The lowest BCUT2D eigenvalue weighted by atomic mass is 10.0. The van der Waals surface area contributed by atoms with Gasteiger partial charge in [0.2, 0.25) is 17.8 Å². The van der Waals surface area contributed by atoms with E-state index in [9.17, 15) is 9.59 Å². The third kappa shape index (κ3) is 5.11. The van der Waals surface area contributed by atoms with E-state index in [4.69, 9.17) is 4.98 Å². The Bertz CT molecular complexity index is 1700. The molecular weight excluding hydrogens is 526 g/mol. The van der Waals surface area contributed by atoms with Crippen molar-refractivity contribution in [1.82, 2.24) is 19.4 Å². The zero-order chi connectivity index (χ0) is 29.4. The molecule has 1 fully saturated rings. The van der Waals surface area contributed by atoms with Crippen LogP contribution in [0.4, 0.5) is 23.0 Å². The third-order valence-electron chi connectivity index (χ3n) is 8.43. The first-order valence-corrected chi connectivity index (χ1v) is 14.7. The van der Waals surface area contributed by atoms with Gasteiger partial charge in [0.25, 0.3) is 0 Å². The molecule has 0 unspecified atom stereocenters. The molecule has 4 aromatic rings. The zero-order valence-electron chi connectivity index (χ0n) is 24.5. The molecule has 0 aliphatic carbocycles. The molecule has 0 atom stereocenters. The molecule has 0 spiro atoms. The maximum absolute atomic E-state index is 12.4. The number of para-hydroxylation sites is 1. The van der Waals surface area contributed by atoms with Crippen LogP contribution in [-0.4, -0.2) is 57.4 Å². The second-order valence-electron chi connectivity index (χ2n) is 11.1. The first-order valence-electron chi connectivity index (χ1n) is 14.7. The molecule has 9 nitrogen and oxygen atoms in total. The Hall–Kier alpha value is -4.66. The molecule has 2 aromatic heterocycles. The first-order chi connectivity index (χ1) is 20.4. The highest BCUT2D eigenvalue weighted by Crippen LogP contribution is 2.37. The van der Waals surface area contributed by atoms with Crippen LogP contribution in [0.2, 0.25) is 0 Å². The van der Waals surface area contributed by atoms with Crippen molar-refractivity contribution >= 4 is 45.7 Å². The van der Waals surface area contributed by atoms with Crippen molar-refractivity contribution < 1.29 is 9.59 Å². The Balaban J connectivity index is 1.35. The quantitative estimate of drug-likeness (QED) is 0.290. The highest BCUT2D eigenvalue weighted by atomic mass is 16.2. The molecule has 42 heavy (non-hydrogen) atoms. The van der Waals surface area contributed by atoms with Gasteiger partial charge in [-0.25, -0.2) is 9.97 Å². The largest absolute Gasteiger partial charge is 0.366 e. The molecule has 4 heterocycles. The average Bonchev–Trinajstić information content (AvgIpc) is 3.39. The monoisotopic (exact) mass is 563 g/mol. The Morgan fingerprint density at radius 2 is 1.90 bits per heavy atom. The molecule has 0 radical (unpaired) electrons. The van der Waals surface area contributed by atoms with Gasteiger partial charge in [-0.3, -0.25) is 9.59 Å². The van der Waals surface area contributed by atoms with E-state index < -0.39 is 0 Å². The summed E-state index contributed by atoms with van der Waals surface area (Å²) in [6.45, 7) is 13.0. The molecule has 2 aliphatic heterocycles. The van der Waals surface area contributed by atoms with E-state index in [2.05, 4.69) is 69.0 Å². The van der Waals surface area contributed by atoms with Crippen LogP contribution in [0, 0.1) is 6.92 Å². The summed E-state index contributed by atoms with van der Waals surface area (Å²) in [5, 5.41) is 7.64. The lowest BCUT2D eigenvalue weighted by Gasteiger charge is -2.36. The van der Waals surface area contributed by atoms with E-state index in [0.717, 1.165) is 59.6 Å². The molecular formula is C33H37N7O2. The van der Waals surface area contributed by atoms with Crippen molar-refractivity contribution in [1.29, 1.82) is 0 Å². The van der Waals surface area contributed by atoms with Crippen molar-refractivity contribution in [3.8, 4) is 11.3 Å². The summed E-state index contributed by atoms with van der Waals surface area (Å²) < 4.78 is 2.37. The summed E-state index contributed by atoms with van der Waals surface area (Å²) in [6.07, 6.45) is 8.49. The maximum Gasteiger partial charge on any atom is 0.247 e. The standard InChI is InChI=1S/C33H37N7O2/c1-5-23-19-34-33(37-31(23)26-20-40-12-8-10-24-9-7-11-25(26)32(24)40)36-27-18-28(35-30(42)6-2)29(17-21(27)3)39-15-13-38(14-16-39)22(4)41/h6-7,9,11,17-20H,2,5,8,10,12-16H2,1,3-4H3,(H,35,42)(H,34,36,37). The van der Waals surface area contributed by atoms with Gasteiger partial charge in [0, 0.05) is 68.7 Å². The van der Waals surface area contributed by atoms with Crippen LogP contribution in [0.1, 0.15) is 37.0 Å². The summed E-state index contributed by atoms with van der Waals surface area (Å²) in [7, 11) is 0. The number of hydrogen-bond acceptors (Lipinski definition) is 6. The molecule has 0 saturated carbocycles. The van der Waals surface area contributed by atoms with Crippen LogP contribution >= 0.6 is 0 Å². The average molecular weight is 564 g/mol. The number of nitrogens with one attached hydrogen (secondary N) is 2. The minimum atomic E-state index is -0.285. The van der Waals surface area contributed by atoms with Crippen LogP contribution in [0.5, 0.6) is 0 Å². The summed E-state index contributed by atoms with van der Waals surface area (Å²) in [5.41, 5.74) is 9.25. The summed E-state index contributed by atoms with van der Waals surface area (Å²) in [5.74, 6) is 0.296. The van der Waals surface area contributed by atoms with Crippen LogP contribution in [-0.2, 0) is 29.0 Å². The fourth-order valence-corrected chi connectivity index (χ4v) is 6.16. The number of aryl methyl sites for hydroxylation is 4. The Morgan fingerprint density at radius 1 is 1.10 bits per heavy atom. The molecule has 2 aliphatic rings. The predicted molar refractivity (Wildman–Crippen MR) is 168 cm³/mol. The Morgan fingerprint density at radius 3 is 2.64 bits per heavy atom. The summed E-state index contributed by atoms with van der Waals surface area (Å²) >= 11 is 0. The molecule has 0 bridgehead atoms. The molecule has 6 rings (SSSR count). The van der Waals surface area contributed by atoms with Crippen LogP contribution in [0.3, 0.4) is 0 Å². The Kier molecular flexibility index (Phi) is 7.41. The van der Waals surface area contributed by atoms with Crippen molar-refractivity contribution in [2.45, 2.75) is 46.6 Å². The minimum Gasteiger partial charge on any atom is -0.366 e. The second kappa shape index (κ2) is 11.3. The Labute approximate surface area is 246 Å². The number of piperazine rings is 1. The number of hydrogen-bond donors (Lipinski definition) is 2. The van der Waals surface area contributed by atoms with Gasteiger partial charge in [-0.1, -0.05) is 31.7 Å². The zero-order valence-corrected chi connectivity index (χ0v) is 24.5. The number of carbonyl (C=O) groups excluding carboxylic acids is 2. The maximum atomic E-state index is 12.4. The lowest BCUT2D eigenvalue weighted by molar-refractivity contribution is -0.129. The normalized spacial score (nSPS) is 14.6. The fraction of sp³-hybridized carbons (Fsp3) is 0.333. The van der Waals surface area contributed by atoms with Crippen LogP contribution in [0.25, 0.3) is 22.2 Å².